The minimum Gasteiger partial charge on any atom is -0.472 e. The van der Waals surface area contributed by atoms with E-state index in [0.717, 1.165) is 53.5 Å². The number of benzene rings is 2. The number of fused-ring (bicyclic) bond motifs is 1. The second kappa shape index (κ2) is 8.92. The Bertz CT molecular complexity index is 1220. The van der Waals surface area contributed by atoms with E-state index < -0.39 is 6.61 Å². The molecule has 8 heteroatoms. The molecule has 1 fully saturated rings. The van der Waals surface area contributed by atoms with Gasteiger partial charge in [-0.15, -0.1) is 0 Å². The highest BCUT2D eigenvalue weighted by atomic mass is 19.3. The second-order valence-corrected chi connectivity index (χ2v) is 7.70. The molecule has 1 saturated heterocycles. The second-order valence-electron chi connectivity index (χ2n) is 7.70. The minimum atomic E-state index is -2.86. The van der Waals surface area contributed by atoms with E-state index in [4.69, 9.17) is 4.74 Å². The number of aromatic amines is 1. The Balaban J connectivity index is 1.46. The van der Waals surface area contributed by atoms with Crippen LogP contribution in [0.3, 0.4) is 0 Å². The molecule has 0 aliphatic carbocycles. The molecule has 3 heterocycles. The molecule has 0 radical (unpaired) electrons. The molecule has 2 N–H and O–H groups in total. The van der Waals surface area contributed by atoms with Gasteiger partial charge in [-0.3, -0.25) is 4.98 Å². The standard InChI is InChI=1S/C24H22F2N4O2/c25-24(26)32-17-4-1-3-15(9-17)16-6-7-21-19(10-16)20(12-29-21)22-13-28-14-23(30-22)31-18-5-2-8-27-11-18/h1,3-4,6-7,9-10,12-14,18,24,27,29H,2,5,8,11H2. The normalized spacial score (nSPS) is 16.4. The van der Waals surface area contributed by atoms with Gasteiger partial charge in [0.2, 0.25) is 5.88 Å². The van der Waals surface area contributed by atoms with Gasteiger partial charge in [0.1, 0.15) is 11.9 Å². The summed E-state index contributed by atoms with van der Waals surface area (Å²) in [5.74, 6) is 0.623. The quantitative estimate of drug-likeness (QED) is 0.444. The van der Waals surface area contributed by atoms with E-state index in [2.05, 4.69) is 25.0 Å². The van der Waals surface area contributed by atoms with Gasteiger partial charge in [-0.05, 0) is 54.8 Å². The number of hydrogen-bond donors (Lipinski definition) is 2. The first-order chi connectivity index (χ1) is 15.7. The lowest BCUT2D eigenvalue weighted by atomic mass is 10.0. The van der Waals surface area contributed by atoms with Crippen molar-refractivity contribution in [2.75, 3.05) is 13.1 Å². The fourth-order valence-electron chi connectivity index (χ4n) is 3.99. The number of halogens is 2. The van der Waals surface area contributed by atoms with E-state index >= 15 is 0 Å². The molecule has 0 amide bonds. The molecule has 1 aliphatic rings. The van der Waals surface area contributed by atoms with Crippen molar-refractivity contribution in [1.82, 2.24) is 20.3 Å². The van der Waals surface area contributed by atoms with Crippen LogP contribution in [0.1, 0.15) is 12.8 Å². The molecule has 5 rings (SSSR count). The van der Waals surface area contributed by atoms with Crippen molar-refractivity contribution in [3.8, 4) is 34.0 Å². The Kier molecular flexibility index (Phi) is 5.68. The summed E-state index contributed by atoms with van der Waals surface area (Å²) in [4.78, 5) is 12.3. The third-order valence-electron chi connectivity index (χ3n) is 5.50. The Labute approximate surface area is 183 Å². The molecule has 0 bridgehead atoms. The Morgan fingerprint density at radius 3 is 2.81 bits per heavy atom. The molecular formula is C24H22F2N4O2. The van der Waals surface area contributed by atoms with Crippen molar-refractivity contribution in [2.24, 2.45) is 0 Å². The lowest BCUT2D eigenvalue weighted by molar-refractivity contribution is -0.0498. The monoisotopic (exact) mass is 436 g/mol. The maximum absolute atomic E-state index is 12.6. The summed E-state index contributed by atoms with van der Waals surface area (Å²) in [7, 11) is 0. The molecule has 1 unspecified atom stereocenters. The summed E-state index contributed by atoms with van der Waals surface area (Å²) < 4.78 is 35.7. The smallest absolute Gasteiger partial charge is 0.387 e. The number of alkyl halides is 2. The summed E-state index contributed by atoms with van der Waals surface area (Å²) in [5.41, 5.74) is 4.19. The van der Waals surface area contributed by atoms with Crippen LogP contribution in [0.5, 0.6) is 11.6 Å². The third kappa shape index (κ3) is 4.40. The number of hydrogen-bond acceptors (Lipinski definition) is 5. The average Bonchev–Trinajstić information content (AvgIpc) is 3.23. The van der Waals surface area contributed by atoms with Crippen molar-refractivity contribution in [1.29, 1.82) is 0 Å². The molecule has 1 atom stereocenters. The molecule has 2 aromatic heterocycles. The summed E-state index contributed by atoms with van der Waals surface area (Å²) >= 11 is 0. The van der Waals surface area contributed by atoms with Gasteiger partial charge >= 0.3 is 6.61 Å². The molecule has 6 nitrogen and oxygen atoms in total. The van der Waals surface area contributed by atoms with E-state index in [0.29, 0.717) is 11.6 Å². The van der Waals surface area contributed by atoms with Crippen LogP contribution < -0.4 is 14.8 Å². The van der Waals surface area contributed by atoms with Crippen LogP contribution in [0.4, 0.5) is 8.78 Å². The lowest BCUT2D eigenvalue weighted by Gasteiger charge is -2.23. The fraction of sp³-hybridized carbons (Fsp3) is 0.250. The third-order valence-corrected chi connectivity index (χ3v) is 5.50. The van der Waals surface area contributed by atoms with Crippen molar-refractivity contribution < 1.29 is 18.3 Å². The highest BCUT2D eigenvalue weighted by molar-refractivity contribution is 5.97. The number of aromatic nitrogens is 3. The van der Waals surface area contributed by atoms with Crippen LogP contribution in [-0.4, -0.2) is 40.8 Å². The largest absolute Gasteiger partial charge is 0.472 e. The summed E-state index contributed by atoms with van der Waals surface area (Å²) in [6.07, 6.45) is 7.38. The zero-order chi connectivity index (χ0) is 21.9. The molecule has 2 aromatic carbocycles. The first-order valence-corrected chi connectivity index (χ1v) is 10.5. The van der Waals surface area contributed by atoms with Crippen molar-refractivity contribution >= 4 is 10.9 Å². The molecule has 1 aliphatic heterocycles. The maximum Gasteiger partial charge on any atom is 0.387 e. The summed E-state index contributed by atoms with van der Waals surface area (Å²) in [6.45, 7) is -1.04. The molecule has 164 valence electrons. The van der Waals surface area contributed by atoms with Crippen LogP contribution in [0.2, 0.25) is 0 Å². The first-order valence-electron chi connectivity index (χ1n) is 10.5. The van der Waals surface area contributed by atoms with Gasteiger partial charge in [0.15, 0.2) is 0 Å². The fourth-order valence-corrected chi connectivity index (χ4v) is 3.99. The van der Waals surface area contributed by atoms with Gasteiger partial charge in [-0.2, -0.15) is 8.78 Å². The highest BCUT2D eigenvalue weighted by Gasteiger charge is 2.16. The predicted octanol–water partition coefficient (Wildman–Crippen LogP) is 5.02. The maximum atomic E-state index is 12.6. The zero-order valence-corrected chi connectivity index (χ0v) is 17.2. The van der Waals surface area contributed by atoms with Gasteiger partial charge in [0.25, 0.3) is 0 Å². The van der Waals surface area contributed by atoms with Crippen LogP contribution in [0, 0.1) is 0 Å². The topological polar surface area (TPSA) is 72.1 Å². The summed E-state index contributed by atoms with van der Waals surface area (Å²) in [6, 6.07) is 12.6. The SMILES string of the molecule is FC(F)Oc1cccc(-c2ccc3[nH]cc(-c4cncc(OC5CCCNC5)n4)c3c2)c1. The van der Waals surface area contributed by atoms with Crippen LogP contribution in [0.15, 0.2) is 61.1 Å². The number of nitrogens with zero attached hydrogens (tertiary/aromatic N) is 2. The van der Waals surface area contributed by atoms with Crippen LogP contribution in [-0.2, 0) is 0 Å². The Morgan fingerprint density at radius 1 is 1.06 bits per heavy atom. The van der Waals surface area contributed by atoms with E-state index in [9.17, 15) is 8.78 Å². The molecular weight excluding hydrogens is 414 g/mol. The molecule has 32 heavy (non-hydrogen) atoms. The number of nitrogens with one attached hydrogen (secondary N) is 2. The van der Waals surface area contributed by atoms with Crippen LogP contribution in [0.25, 0.3) is 33.3 Å². The predicted molar refractivity (Wildman–Crippen MR) is 118 cm³/mol. The number of rotatable bonds is 6. The first kappa shape index (κ1) is 20.4. The Morgan fingerprint density at radius 2 is 1.97 bits per heavy atom. The molecule has 0 spiro atoms. The Hall–Kier alpha value is -3.52. The van der Waals surface area contributed by atoms with E-state index in [-0.39, 0.29) is 11.9 Å². The van der Waals surface area contributed by atoms with Crippen molar-refractivity contribution in [3.05, 3.63) is 61.1 Å². The van der Waals surface area contributed by atoms with Crippen LogP contribution >= 0.6 is 0 Å². The van der Waals surface area contributed by atoms with Crippen molar-refractivity contribution in [2.45, 2.75) is 25.6 Å². The van der Waals surface area contributed by atoms with Gasteiger partial charge < -0.3 is 19.8 Å². The zero-order valence-electron chi connectivity index (χ0n) is 17.2. The van der Waals surface area contributed by atoms with E-state index in [1.165, 1.54) is 6.07 Å². The minimum absolute atomic E-state index is 0.0885. The number of H-pyrrole nitrogens is 1. The highest BCUT2D eigenvalue weighted by Crippen LogP contribution is 2.33. The summed E-state index contributed by atoms with van der Waals surface area (Å²) in [5, 5.41) is 4.28. The van der Waals surface area contributed by atoms with Gasteiger partial charge in [-0.25, -0.2) is 4.98 Å². The van der Waals surface area contributed by atoms with E-state index in [1.54, 1.807) is 24.5 Å². The van der Waals surface area contributed by atoms with Crippen molar-refractivity contribution in [3.63, 3.8) is 0 Å². The average molecular weight is 436 g/mol. The number of ether oxygens (including phenoxy) is 2. The van der Waals surface area contributed by atoms with Gasteiger partial charge in [-0.1, -0.05) is 18.2 Å². The lowest BCUT2D eigenvalue weighted by Crippen LogP contribution is -2.37. The number of piperidine rings is 1. The van der Waals surface area contributed by atoms with Gasteiger partial charge in [0, 0.05) is 29.2 Å². The molecule has 0 saturated carbocycles. The van der Waals surface area contributed by atoms with Gasteiger partial charge in [0.05, 0.1) is 18.1 Å². The van der Waals surface area contributed by atoms with E-state index in [1.807, 2.05) is 30.5 Å². The molecule has 4 aromatic rings.